The first-order valence-electron chi connectivity index (χ1n) is 6.28. The van der Waals surface area contributed by atoms with Crippen LogP contribution in [-0.4, -0.2) is 22.1 Å². The molecule has 4 nitrogen and oxygen atoms in total. The normalized spacial score (nSPS) is 10.4. The molecule has 0 aliphatic rings. The molecule has 0 amide bonds. The van der Waals surface area contributed by atoms with Gasteiger partial charge in [0.1, 0.15) is 0 Å². The van der Waals surface area contributed by atoms with Crippen molar-refractivity contribution >= 4 is 17.4 Å². The lowest BCUT2D eigenvalue weighted by Gasteiger charge is -2.06. The van der Waals surface area contributed by atoms with Crippen LogP contribution < -0.4 is 10.9 Å². The predicted octanol–water partition coefficient (Wildman–Crippen LogP) is 2.47. The van der Waals surface area contributed by atoms with Gasteiger partial charge in [0.05, 0.1) is 18.4 Å². The maximum absolute atomic E-state index is 11.8. The van der Waals surface area contributed by atoms with E-state index in [2.05, 4.69) is 22.5 Å². The van der Waals surface area contributed by atoms with E-state index >= 15 is 0 Å². The van der Waals surface area contributed by atoms with Gasteiger partial charge in [-0.05, 0) is 19.1 Å². The van der Waals surface area contributed by atoms with Crippen LogP contribution in [0.2, 0.25) is 0 Å². The Labute approximate surface area is 116 Å². The molecule has 1 heterocycles. The average Bonchev–Trinajstić information content (AvgIpc) is 2.43. The minimum Gasteiger partial charge on any atom is -0.384 e. The van der Waals surface area contributed by atoms with Crippen LogP contribution in [0.25, 0.3) is 0 Å². The van der Waals surface area contributed by atoms with E-state index in [9.17, 15) is 4.79 Å². The van der Waals surface area contributed by atoms with E-state index in [1.165, 1.54) is 9.58 Å². The second-order valence-corrected chi connectivity index (χ2v) is 5.17. The molecule has 0 spiro atoms. The summed E-state index contributed by atoms with van der Waals surface area (Å²) in [5.74, 6) is 0.831. The lowest BCUT2D eigenvalue weighted by molar-refractivity contribution is 0.622. The molecule has 5 heteroatoms. The van der Waals surface area contributed by atoms with Gasteiger partial charge in [0.25, 0.3) is 5.56 Å². The van der Waals surface area contributed by atoms with Crippen LogP contribution in [0.4, 0.5) is 5.69 Å². The largest absolute Gasteiger partial charge is 0.384 e. The molecule has 2 aromatic rings. The minimum atomic E-state index is -0.0629. The molecule has 0 atom stereocenters. The number of rotatable bonds is 6. The summed E-state index contributed by atoms with van der Waals surface area (Å²) in [6.45, 7) is 3.39. The maximum atomic E-state index is 11.8. The summed E-state index contributed by atoms with van der Waals surface area (Å²) in [5.41, 5.74) is 0.714. The van der Waals surface area contributed by atoms with E-state index in [4.69, 9.17) is 0 Å². The lowest BCUT2D eigenvalue weighted by atomic mass is 10.4. The van der Waals surface area contributed by atoms with Gasteiger partial charge in [-0.25, -0.2) is 4.68 Å². The van der Waals surface area contributed by atoms with E-state index in [-0.39, 0.29) is 5.56 Å². The van der Waals surface area contributed by atoms with E-state index < -0.39 is 0 Å². The zero-order valence-corrected chi connectivity index (χ0v) is 11.7. The molecule has 2 rings (SSSR count). The van der Waals surface area contributed by atoms with Gasteiger partial charge in [-0.15, -0.1) is 11.8 Å². The Morgan fingerprint density at radius 1 is 1.32 bits per heavy atom. The highest BCUT2D eigenvalue weighted by Gasteiger charge is 2.00. The number of nitrogens with zero attached hydrogens (tertiary/aromatic N) is 2. The molecule has 0 bridgehead atoms. The number of thioether (sulfide) groups is 1. The van der Waals surface area contributed by atoms with Gasteiger partial charge >= 0.3 is 0 Å². The van der Waals surface area contributed by atoms with Crippen LogP contribution in [-0.2, 0) is 6.54 Å². The number of hydrogen-bond donors (Lipinski definition) is 1. The summed E-state index contributed by atoms with van der Waals surface area (Å²) >= 11 is 1.72. The molecule has 0 fully saturated rings. The highest BCUT2D eigenvalue weighted by Crippen LogP contribution is 2.16. The van der Waals surface area contributed by atoms with E-state index in [1.54, 1.807) is 24.0 Å². The first-order valence-corrected chi connectivity index (χ1v) is 7.27. The van der Waals surface area contributed by atoms with Gasteiger partial charge in [-0.2, -0.15) is 5.10 Å². The molecule has 1 aromatic heterocycles. The first kappa shape index (κ1) is 13.7. The molecule has 1 N–H and O–H groups in total. The van der Waals surface area contributed by atoms with Crippen molar-refractivity contribution in [3.8, 4) is 0 Å². The van der Waals surface area contributed by atoms with Gasteiger partial charge in [0.2, 0.25) is 0 Å². The quantitative estimate of drug-likeness (QED) is 0.823. The standard InChI is InChI=1S/C14H17N3OS/c1-2-15-12-10-14(18)17(16-11-12)8-9-19-13-6-4-3-5-7-13/h3-7,10-11,15H,2,8-9H2,1H3. The number of aromatic nitrogens is 2. The van der Waals surface area contributed by atoms with Crippen LogP contribution in [0.5, 0.6) is 0 Å². The molecular weight excluding hydrogens is 258 g/mol. The number of nitrogens with one attached hydrogen (secondary N) is 1. The summed E-state index contributed by atoms with van der Waals surface area (Å²) in [4.78, 5) is 13.0. The molecule has 0 unspecified atom stereocenters. The molecule has 0 aliphatic carbocycles. The summed E-state index contributed by atoms with van der Waals surface area (Å²) < 4.78 is 1.50. The zero-order valence-electron chi connectivity index (χ0n) is 10.9. The van der Waals surface area contributed by atoms with Crippen LogP contribution in [0, 0.1) is 0 Å². The van der Waals surface area contributed by atoms with Crippen LogP contribution in [0.1, 0.15) is 6.92 Å². The Morgan fingerprint density at radius 3 is 2.79 bits per heavy atom. The van der Waals surface area contributed by atoms with Gasteiger partial charge in [-0.3, -0.25) is 4.79 Å². The molecular formula is C14H17N3OS. The third kappa shape index (κ3) is 4.13. The lowest BCUT2D eigenvalue weighted by Crippen LogP contribution is -2.23. The van der Waals surface area contributed by atoms with Crippen molar-refractivity contribution in [1.82, 2.24) is 9.78 Å². The third-order valence-electron chi connectivity index (χ3n) is 2.57. The molecule has 100 valence electrons. The molecule has 19 heavy (non-hydrogen) atoms. The Hall–Kier alpha value is -1.75. The molecule has 0 saturated carbocycles. The SMILES string of the molecule is CCNc1cnn(CCSc2ccccc2)c(=O)c1. The van der Waals surface area contributed by atoms with Crippen LogP contribution >= 0.6 is 11.8 Å². The van der Waals surface area contributed by atoms with Crippen molar-refractivity contribution in [2.45, 2.75) is 18.4 Å². The smallest absolute Gasteiger partial charge is 0.268 e. The monoisotopic (exact) mass is 275 g/mol. The Kier molecular flexibility index (Phi) is 5.03. The Balaban J connectivity index is 1.91. The predicted molar refractivity (Wildman–Crippen MR) is 79.8 cm³/mol. The highest BCUT2D eigenvalue weighted by atomic mass is 32.2. The maximum Gasteiger partial charge on any atom is 0.268 e. The van der Waals surface area contributed by atoms with Gasteiger partial charge in [0, 0.05) is 23.3 Å². The topological polar surface area (TPSA) is 46.9 Å². The summed E-state index contributed by atoms with van der Waals surface area (Å²) in [5, 5.41) is 7.23. The van der Waals surface area contributed by atoms with Crippen LogP contribution in [0.3, 0.4) is 0 Å². The van der Waals surface area contributed by atoms with Crippen molar-refractivity contribution in [3.63, 3.8) is 0 Å². The van der Waals surface area contributed by atoms with Crippen molar-refractivity contribution in [1.29, 1.82) is 0 Å². The van der Waals surface area contributed by atoms with Crippen molar-refractivity contribution in [2.75, 3.05) is 17.6 Å². The summed E-state index contributed by atoms with van der Waals surface area (Å²) in [6, 6.07) is 11.7. The summed E-state index contributed by atoms with van der Waals surface area (Å²) in [6.07, 6.45) is 1.69. The zero-order chi connectivity index (χ0) is 13.5. The number of anilines is 1. The van der Waals surface area contributed by atoms with Gasteiger partial charge in [-0.1, -0.05) is 18.2 Å². The Bertz CT molecular complexity index is 568. The van der Waals surface area contributed by atoms with E-state index in [0.717, 1.165) is 18.0 Å². The van der Waals surface area contributed by atoms with E-state index in [1.807, 2.05) is 25.1 Å². The van der Waals surface area contributed by atoms with Crippen molar-refractivity contribution < 1.29 is 0 Å². The van der Waals surface area contributed by atoms with Gasteiger partial charge < -0.3 is 5.32 Å². The number of aryl methyl sites for hydroxylation is 1. The second-order valence-electron chi connectivity index (χ2n) is 4.00. The number of benzene rings is 1. The van der Waals surface area contributed by atoms with Crippen LogP contribution in [0.15, 0.2) is 52.3 Å². The fourth-order valence-electron chi connectivity index (χ4n) is 1.67. The fraction of sp³-hybridized carbons (Fsp3) is 0.286. The minimum absolute atomic E-state index is 0.0629. The highest BCUT2D eigenvalue weighted by molar-refractivity contribution is 7.99. The van der Waals surface area contributed by atoms with E-state index in [0.29, 0.717) is 6.54 Å². The van der Waals surface area contributed by atoms with Crippen molar-refractivity contribution in [2.24, 2.45) is 0 Å². The number of hydrogen-bond acceptors (Lipinski definition) is 4. The second kappa shape index (κ2) is 6.99. The summed E-state index contributed by atoms with van der Waals surface area (Å²) in [7, 11) is 0. The first-order chi connectivity index (χ1) is 9.29. The Morgan fingerprint density at radius 2 is 2.11 bits per heavy atom. The molecule has 0 aliphatic heterocycles. The molecule has 1 aromatic carbocycles. The van der Waals surface area contributed by atoms with Crippen molar-refractivity contribution in [3.05, 3.63) is 52.9 Å². The molecule has 0 saturated heterocycles. The van der Waals surface area contributed by atoms with Gasteiger partial charge in [0.15, 0.2) is 0 Å². The molecule has 0 radical (unpaired) electrons. The third-order valence-corrected chi connectivity index (χ3v) is 3.56. The average molecular weight is 275 g/mol. The fourth-order valence-corrected chi connectivity index (χ4v) is 2.52.